The lowest BCUT2D eigenvalue weighted by atomic mass is 10.2. The van der Waals surface area contributed by atoms with Gasteiger partial charge in [0.25, 0.3) is 5.56 Å². The molecule has 2 aromatic carbocycles. The van der Waals surface area contributed by atoms with Gasteiger partial charge in [0.1, 0.15) is 0 Å². The van der Waals surface area contributed by atoms with Crippen molar-refractivity contribution in [1.82, 2.24) is 9.55 Å². The summed E-state index contributed by atoms with van der Waals surface area (Å²) >= 11 is 0. The lowest BCUT2D eigenvalue weighted by Crippen LogP contribution is -2.41. The zero-order valence-corrected chi connectivity index (χ0v) is 15.8. The van der Waals surface area contributed by atoms with Gasteiger partial charge in [-0.05, 0) is 36.8 Å². The van der Waals surface area contributed by atoms with Gasteiger partial charge in [-0.2, -0.15) is 0 Å². The van der Waals surface area contributed by atoms with Crippen LogP contribution in [0.2, 0.25) is 0 Å². The van der Waals surface area contributed by atoms with E-state index < -0.39 is 11.2 Å². The quantitative estimate of drug-likeness (QED) is 0.741. The Morgan fingerprint density at radius 1 is 0.964 bits per heavy atom. The van der Waals surface area contributed by atoms with Crippen molar-refractivity contribution in [1.29, 1.82) is 0 Å². The van der Waals surface area contributed by atoms with Gasteiger partial charge in [-0.25, -0.2) is 9.59 Å². The van der Waals surface area contributed by atoms with Gasteiger partial charge in [-0.1, -0.05) is 30.3 Å². The molecule has 7 nitrogen and oxygen atoms in total. The van der Waals surface area contributed by atoms with Gasteiger partial charge < -0.3 is 0 Å². The van der Waals surface area contributed by atoms with E-state index in [0.29, 0.717) is 13.1 Å². The van der Waals surface area contributed by atoms with Gasteiger partial charge in [-0.3, -0.25) is 24.1 Å². The largest absolute Gasteiger partial charge is 0.328 e. The molecule has 0 aliphatic rings. The summed E-state index contributed by atoms with van der Waals surface area (Å²) in [7, 11) is 1.73. The summed E-state index contributed by atoms with van der Waals surface area (Å²) in [6, 6.07) is 18.1. The van der Waals surface area contributed by atoms with Crippen LogP contribution in [0.4, 0.5) is 16.2 Å². The molecular formula is C21H22N4O3. The van der Waals surface area contributed by atoms with Gasteiger partial charge in [0.05, 0.1) is 6.54 Å². The normalized spacial score (nSPS) is 10.5. The minimum absolute atomic E-state index is 0.127. The van der Waals surface area contributed by atoms with E-state index in [0.717, 1.165) is 16.9 Å². The Morgan fingerprint density at radius 2 is 1.64 bits per heavy atom. The third-order valence-corrected chi connectivity index (χ3v) is 4.48. The van der Waals surface area contributed by atoms with E-state index in [-0.39, 0.29) is 6.03 Å². The van der Waals surface area contributed by atoms with Crippen LogP contribution in [0.3, 0.4) is 0 Å². The van der Waals surface area contributed by atoms with E-state index >= 15 is 0 Å². The van der Waals surface area contributed by atoms with E-state index in [1.54, 1.807) is 16.8 Å². The topological polar surface area (TPSA) is 78.4 Å². The predicted molar refractivity (Wildman–Crippen MR) is 110 cm³/mol. The van der Waals surface area contributed by atoms with Crippen LogP contribution in [0.5, 0.6) is 0 Å². The molecule has 0 bridgehead atoms. The molecule has 0 spiro atoms. The van der Waals surface area contributed by atoms with Crippen molar-refractivity contribution in [2.45, 2.75) is 13.5 Å². The van der Waals surface area contributed by atoms with Crippen molar-refractivity contribution < 1.29 is 4.79 Å². The Balaban J connectivity index is 1.75. The highest BCUT2D eigenvalue weighted by Gasteiger charge is 2.19. The van der Waals surface area contributed by atoms with Crippen LogP contribution in [0.15, 0.2) is 76.4 Å². The minimum atomic E-state index is -0.453. The number of carbonyl (C=O) groups excluding carboxylic acids is 1. The second-order valence-electron chi connectivity index (χ2n) is 6.33. The molecule has 3 rings (SSSR count). The number of nitrogens with zero attached hydrogens (tertiary/aromatic N) is 3. The SMILES string of the molecule is CCN(C(=O)N(C)c1ccc(Cn2ccc(=O)[nH]c2=O)cc1)c1ccccc1. The number of aromatic nitrogens is 2. The van der Waals surface area contributed by atoms with Crippen LogP contribution < -0.4 is 21.0 Å². The van der Waals surface area contributed by atoms with Gasteiger partial charge in [0, 0.05) is 37.2 Å². The molecule has 0 aliphatic heterocycles. The predicted octanol–water partition coefficient (Wildman–Crippen LogP) is 2.67. The van der Waals surface area contributed by atoms with E-state index in [1.807, 2.05) is 61.5 Å². The minimum Gasteiger partial charge on any atom is -0.297 e. The van der Waals surface area contributed by atoms with Gasteiger partial charge in [-0.15, -0.1) is 0 Å². The van der Waals surface area contributed by atoms with Crippen molar-refractivity contribution in [3.8, 4) is 0 Å². The molecule has 2 amide bonds. The number of nitrogens with one attached hydrogen (secondary N) is 1. The number of para-hydroxylation sites is 1. The molecule has 0 atom stereocenters. The fraction of sp³-hybridized carbons (Fsp3) is 0.190. The Hall–Kier alpha value is -3.61. The Kier molecular flexibility index (Phi) is 5.74. The molecular weight excluding hydrogens is 356 g/mol. The number of amides is 2. The highest BCUT2D eigenvalue weighted by atomic mass is 16.2. The average molecular weight is 378 g/mol. The first-order valence-electron chi connectivity index (χ1n) is 8.98. The third-order valence-electron chi connectivity index (χ3n) is 4.48. The number of H-pyrrole nitrogens is 1. The molecule has 1 aromatic heterocycles. The molecule has 1 N–H and O–H groups in total. The molecule has 0 saturated carbocycles. The maximum atomic E-state index is 12.9. The number of aromatic amines is 1. The highest BCUT2D eigenvalue weighted by molar-refractivity contribution is 6.03. The van der Waals surface area contributed by atoms with E-state index in [4.69, 9.17) is 0 Å². The summed E-state index contributed by atoms with van der Waals surface area (Å²) in [6.45, 7) is 2.82. The van der Waals surface area contributed by atoms with Crippen molar-refractivity contribution in [2.24, 2.45) is 0 Å². The number of anilines is 2. The van der Waals surface area contributed by atoms with Crippen molar-refractivity contribution in [2.75, 3.05) is 23.4 Å². The van der Waals surface area contributed by atoms with E-state index in [9.17, 15) is 14.4 Å². The number of carbonyl (C=O) groups is 1. The standard InChI is InChI=1S/C21H22N4O3/c1-3-25(18-7-5-4-6-8-18)21(28)23(2)17-11-9-16(10-12-17)15-24-14-13-19(26)22-20(24)27/h4-14H,3,15H2,1-2H3,(H,22,26,27). The first kappa shape index (κ1) is 19.2. The summed E-state index contributed by atoms with van der Waals surface area (Å²) < 4.78 is 1.42. The zero-order chi connectivity index (χ0) is 20.1. The van der Waals surface area contributed by atoms with Gasteiger partial charge >= 0.3 is 11.7 Å². The molecule has 144 valence electrons. The lowest BCUT2D eigenvalue weighted by Gasteiger charge is -2.27. The Morgan fingerprint density at radius 3 is 2.25 bits per heavy atom. The number of benzene rings is 2. The van der Waals surface area contributed by atoms with Gasteiger partial charge in [0.15, 0.2) is 0 Å². The van der Waals surface area contributed by atoms with Crippen LogP contribution in [-0.4, -0.2) is 29.2 Å². The summed E-state index contributed by atoms with van der Waals surface area (Å²) in [5.41, 5.74) is 1.60. The Labute approximate surface area is 162 Å². The van der Waals surface area contributed by atoms with E-state index in [1.165, 1.54) is 16.8 Å². The fourth-order valence-electron chi connectivity index (χ4n) is 2.92. The molecule has 0 saturated heterocycles. The van der Waals surface area contributed by atoms with Crippen LogP contribution in [-0.2, 0) is 6.54 Å². The van der Waals surface area contributed by atoms with Gasteiger partial charge in [0.2, 0.25) is 0 Å². The molecule has 0 radical (unpaired) electrons. The zero-order valence-electron chi connectivity index (χ0n) is 15.8. The first-order chi connectivity index (χ1) is 13.5. The second-order valence-corrected chi connectivity index (χ2v) is 6.33. The number of rotatable bonds is 5. The molecule has 7 heteroatoms. The smallest absolute Gasteiger partial charge is 0.297 e. The number of hydrogen-bond acceptors (Lipinski definition) is 3. The Bertz CT molecular complexity index is 1060. The molecule has 1 heterocycles. The first-order valence-corrected chi connectivity index (χ1v) is 8.98. The second kappa shape index (κ2) is 8.39. The average Bonchev–Trinajstić information content (AvgIpc) is 2.71. The van der Waals surface area contributed by atoms with Crippen molar-refractivity contribution in [3.63, 3.8) is 0 Å². The van der Waals surface area contributed by atoms with Crippen molar-refractivity contribution in [3.05, 3.63) is 93.3 Å². The van der Waals surface area contributed by atoms with Crippen LogP contribution in [0.1, 0.15) is 12.5 Å². The van der Waals surface area contributed by atoms with Crippen LogP contribution in [0, 0.1) is 0 Å². The summed E-state index contributed by atoms with van der Waals surface area (Å²) in [4.78, 5) is 41.4. The monoisotopic (exact) mass is 378 g/mol. The summed E-state index contributed by atoms with van der Waals surface area (Å²) in [5.74, 6) is 0. The number of hydrogen-bond donors (Lipinski definition) is 1. The van der Waals surface area contributed by atoms with Crippen molar-refractivity contribution >= 4 is 17.4 Å². The molecule has 3 aromatic rings. The molecule has 0 unspecified atom stereocenters. The summed E-state index contributed by atoms with van der Waals surface area (Å²) in [6.07, 6.45) is 1.46. The maximum Gasteiger partial charge on any atom is 0.328 e. The molecule has 0 aliphatic carbocycles. The summed E-state index contributed by atoms with van der Waals surface area (Å²) in [5, 5.41) is 0. The van der Waals surface area contributed by atoms with Crippen LogP contribution >= 0.6 is 0 Å². The number of urea groups is 1. The van der Waals surface area contributed by atoms with E-state index in [2.05, 4.69) is 4.98 Å². The van der Waals surface area contributed by atoms with Crippen LogP contribution in [0.25, 0.3) is 0 Å². The highest BCUT2D eigenvalue weighted by Crippen LogP contribution is 2.20. The third kappa shape index (κ3) is 4.20. The molecule has 0 fully saturated rings. The maximum absolute atomic E-state index is 12.9. The molecule has 28 heavy (non-hydrogen) atoms. The fourth-order valence-corrected chi connectivity index (χ4v) is 2.92. The lowest BCUT2D eigenvalue weighted by molar-refractivity contribution is 0.253.